The minimum absolute atomic E-state index is 0.0525. The van der Waals surface area contributed by atoms with E-state index in [4.69, 9.17) is 5.73 Å². The van der Waals surface area contributed by atoms with Crippen molar-refractivity contribution in [3.63, 3.8) is 0 Å². The van der Waals surface area contributed by atoms with E-state index < -0.39 is 0 Å². The van der Waals surface area contributed by atoms with Crippen LogP contribution in [0.3, 0.4) is 0 Å². The predicted molar refractivity (Wildman–Crippen MR) is 93.3 cm³/mol. The minimum Gasteiger partial charge on any atom is -0.368 e. The second-order valence-electron chi connectivity index (χ2n) is 5.56. The summed E-state index contributed by atoms with van der Waals surface area (Å²) in [7, 11) is 0. The first-order valence-corrected chi connectivity index (χ1v) is 8.52. The van der Waals surface area contributed by atoms with Crippen LogP contribution in [0.1, 0.15) is 13.3 Å². The van der Waals surface area contributed by atoms with Gasteiger partial charge in [-0.25, -0.2) is 0 Å². The van der Waals surface area contributed by atoms with E-state index in [0.717, 1.165) is 5.56 Å². The molecule has 24 heavy (non-hydrogen) atoms. The number of carbonyl (C=O) groups is 2. The number of hydrogen-bond acceptors (Lipinski definition) is 7. The van der Waals surface area contributed by atoms with Gasteiger partial charge in [-0.2, -0.15) is 15.0 Å². The molecule has 8 heteroatoms. The molecule has 124 valence electrons. The Hall–Kier alpha value is -2.48. The number of anilines is 2. The van der Waals surface area contributed by atoms with Gasteiger partial charge in [-0.3, -0.25) is 14.5 Å². The lowest BCUT2D eigenvalue weighted by molar-refractivity contribution is -0.117. The summed E-state index contributed by atoms with van der Waals surface area (Å²) in [5, 5.41) is 0.0525. The van der Waals surface area contributed by atoms with E-state index in [9.17, 15) is 9.59 Å². The Labute approximate surface area is 143 Å². The van der Waals surface area contributed by atoms with Crippen molar-refractivity contribution in [1.82, 2.24) is 15.0 Å². The van der Waals surface area contributed by atoms with Gasteiger partial charge < -0.3 is 5.73 Å². The zero-order valence-corrected chi connectivity index (χ0v) is 14.0. The molecule has 1 aliphatic heterocycles. The average Bonchev–Trinajstić information content (AvgIpc) is 2.94. The minimum atomic E-state index is -0.0613. The molecule has 0 spiro atoms. The van der Waals surface area contributed by atoms with Crippen LogP contribution < -0.4 is 10.6 Å². The van der Waals surface area contributed by atoms with Gasteiger partial charge in [-0.15, -0.1) is 0 Å². The number of thioether (sulfide) groups is 1. The van der Waals surface area contributed by atoms with Gasteiger partial charge in [0.2, 0.25) is 17.8 Å². The third-order valence-electron chi connectivity index (χ3n) is 3.64. The number of benzene rings is 1. The van der Waals surface area contributed by atoms with Crippen LogP contribution in [0.5, 0.6) is 0 Å². The Morgan fingerprint density at radius 1 is 1.29 bits per heavy atom. The number of hydrogen-bond donors (Lipinski definition) is 1. The first-order valence-electron chi connectivity index (χ1n) is 7.53. The van der Waals surface area contributed by atoms with Crippen LogP contribution >= 0.6 is 11.8 Å². The highest BCUT2D eigenvalue weighted by Gasteiger charge is 2.33. The van der Waals surface area contributed by atoms with Crippen LogP contribution in [0.15, 0.2) is 30.3 Å². The van der Waals surface area contributed by atoms with Crippen LogP contribution in [0, 0.1) is 5.92 Å². The second kappa shape index (κ2) is 6.96. The molecule has 1 fully saturated rings. The Morgan fingerprint density at radius 3 is 2.75 bits per heavy atom. The van der Waals surface area contributed by atoms with Crippen molar-refractivity contribution >= 4 is 34.7 Å². The van der Waals surface area contributed by atoms with Crippen molar-refractivity contribution in [3.05, 3.63) is 30.3 Å². The molecule has 1 unspecified atom stereocenters. The van der Waals surface area contributed by atoms with Crippen LogP contribution in [0.4, 0.5) is 11.9 Å². The molecule has 0 saturated carbocycles. The summed E-state index contributed by atoms with van der Waals surface area (Å²) in [4.78, 5) is 37.5. The van der Waals surface area contributed by atoms with Gasteiger partial charge >= 0.3 is 0 Å². The zero-order valence-electron chi connectivity index (χ0n) is 13.2. The molecule has 1 aliphatic rings. The number of nitrogen functional groups attached to an aromatic ring is 1. The van der Waals surface area contributed by atoms with Crippen LogP contribution in [-0.4, -0.2) is 38.3 Å². The molecule has 3 rings (SSSR count). The molecule has 2 N–H and O–H groups in total. The second-order valence-corrected chi connectivity index (χ2v) is 6.76. The highest BCUT2D eigenvalue weighted by atomic mass is 32.2. The van der Waals surface area contributed by atoms with Gasteiger partial charge in [0, 0.05) is 31.2 Å². The summed E-state index contributed by atoms with van der Waals surface area (Å²) in [6.07, 6.45) is 0.381. The monoisotopic (exact) mass is 343 g/mol. The van der Waals surface area contributed by atoms with E-state index >= 15 is 0 Å². The van der Waals surface area contributed by atoms with Crippen molar-refractivity contribution in [2.24, 2.45) is 5.92 Å². The fraction of sp³-hybridized carbons (Fsp3) is 0.312. The summed E-state index contributed by atoms with van der Waals surface area (Å²) in [5.74, 6) is 1.43. The van der Waals surface area contributed by atoms with Crippen molar-refractivity contribution in [2.45, 2.75) is 13.3 Å². The molecule has 1 saturated heterocycles. The van der Waals surface area contributed by atoms with E-state index in [-0.39, 0.29) is 28.8 Å². The Morgan fingerprint density at radius 2 is 2.04 bits per heavy atom. The average molecular weight is 343 g/mol. The summed E-state index contributed by atoms with van der Waals surface area (Å²) in [5.41, 5.74) is 6.60. The molecular weight excluding hydrogens is 326 g/mol. The van der Waals surface area contributed by atoms with Gasteiger partial charge in [0.25, 0.3) is 0 Å². The van der Waals surface area contributed by atoms with Gasteiger partial charge in [0.1, 0.15) is 0 Å². The smallest absolute Gasteiger partial charge is 0.237 e. The van der Waals surface area contributed by atoms with Gasteiger partial charge in [0.05, 0.1) is 0 Å². The Bertz CT molecular complexity index is 768. The van der Waals surface area contributed by atoms with Crippen LogP contribution in [0.25, 0.3) is 11.4 Å². The standard InChI is InChI=1S/C16H17N5O2S/c1-10(22)24-9-11-7-13(23)21(8-11)16-19-14(18-15(17)20-16)12-5-3-2-4-6-12/h2-6,11H,7-9H2,1H3,(H2,17,18,19,20). The first-order chi connectivity index (χ1) is 11.5. The predicted octanol–water partition coefficient (Wildman–Crippen LogP) is 1.75. The quantitative estimate of drug-likeness (QED) is 0.902. The van der Waals surface area contributed by atoms with E-state index in [1.54, 1.807) is 0 Å². The SMILES string of the molecule is CC(=O)SCC1CC(=O)N(c2nc(N)nc(-c3ccccc3)n2)C1. The van der Waals surface area contributed by atoms with E-state index in [1.165, 1.54) is 23.6 Å². The molecular formula is C16H17N5O2S. The molecule has 0 aliphatic carbocycles. The Balaban J connectivity index is 1.83. The lowest BCUT2D eigenvalue weighted by Gasteiger charge is -2.15. The summed E-state index contributed by atoms with van der Waals surface area (Å²) in [6, 6.07) is 9.40. The van der Waals surface area contributed by atoms with Crippen molar-refractivity contribution in [1.29, 1.82) is 0 Å². The molecule has 0 radical (unpaired) electrons. The molecule has 1 atom stereocenters. The molecule has 1 aromatic carbocycles. The van der Waals surface area contributed by atoms with E-state index in [2.05, 4.69) is 15.0 Å². The van der Waals surface area contributed by atoms with E-state index in [1.807, 2.05) is 30.3 Å². The fourth-order valence-electron chi connectivity index (χ4n) is 2.54. The maximum atomic E-state index is 12.3. The molecule has 1 aromatic heterocycles. The highest BCUT2D eigenvalue weighted by Crippen LogP contribution is 2.27. The molecule has 1 amide bonds. The van der Waals surface area contributed by atoms with Crippen LogP contribution in [0.2, 0.25) is 0 Å². The first kappa shape index (κ1) is 16.4. The van der Waals surface area contributed by atoms with Gasteiger partial charge in [-0.1, -0.05) is 42.1 Å². The molecule has 2 heterocycles. The van der Waals surface area contributed by atoms with Crippen LogP contribution in [-0.2, 0) is 9.59 Å². The number of amides is 1. The number of nitrogens with two attached hydrogens (primary N) is 1. The van der Waals surface area contributed by atoms with E-state index in [0.29, 0.717) is 24.5 Å². The van der Waals surface area contributed by atoms with Crippen molar-refractivity contribution < 1.29 is 9.59 Å². The largest absolute Gasteiger partial charge is 0.368 e. The van der Waals surface area contributed by atoms with Gasteiger partial charge in [0.15, 0.2) is 10.9 Å². The Kier molecular flexibility index (Phi) is 4.75. The lowest BCUT2D eigenvalue weighted by Crippen LogP contribution is -2.27. The summed E-state index contributed by atoms with van der Waals surface area (Å²) in [6.45, 7) is 2.01. The molecule has 0 bridgehead atoms. The zero-order chi connectivity index (χ0) is 17.1. The lowest BCUT2D eigenvalue weighted by atomic mass is 10.1. The third kappa shape index (κ3) is 3.70. The topological polar surface area (TPSA) is 102 Å². The normalized spacial score (nSPS) is 17.3. The fourth-order valence-corrected chi connectivity index (χ4v) is 3.23. The van der Waals surface area contributed by atoms with Crippen molar-refractivity contribution in [2.75, 3.05) is 22.9 Å². The number of carbonyl (C=O) groups excluding carboxylic acids is 2. The van der Waals surface area contributed by atoms with Crippen molar-refractivity contribution in [3.8, 4) is 11.4 Å². The number of aromatic nitrogens is 3. The summed E-state index contributed by atoms with van der Waals surface area (Å²) < 4.78 is 0. The molecule has 2 aromatic rings. The summed E-state index contributed by atoms with van der Waals surface area (Å²) >= 11 is 1.24. The number of nitrogens with zero attached hydrogens (tertiary/aromatic N) is 4. The molecule has 7 nitrogen and oxygen atoms in total. The third-order valence-corrected chi connectivity index (χ3v) is 4.69. The van der Waals surface area contributed by atoms with Gasteiger partial charge in [-0.05, 0) is 5.92 Å². The number of rotatable bonds is 4. The maximum Gasteiger partial charge on any atom is 0.237 e. The maximum absolute atomic E-state index is 12.3. The highest BCUT2D eigenvalue weighted by molar-refractivity contribution is 8.13.